The largest absolute Gasteiger partial charge is 0.497 e. The summed E-state index contributed by atoms with van der Waals surface area (Å²) >= 11 is 0. The van der Waals surface area contributed by atoms with Crippen molar-refractivity contribution in [3.05, 3.63) is 150 Å². The molecule has 1 heterocycles. The highest BCUT2D eigenvalue weighted by molar-refractivity contribution is 5.79. The third-order valence-corrected chi connectivity index (χ3v) is 7.52. The number of hydrogen-bond acceptors (Lipinski definition) is 5. The molecule has 0 atom stereocenters. The Morgan fingerprint density at radius 3 is 1.96 bits per heavy atom. The van der Waals surface area contributed by atoms with Crippen LogP contribution >= 0.6 is 0 Å². The minimum atomic E-state index is -4.75. The number of ether oxygens (including phenoxy) is 3. The highest BCUT2D eigenvalue weighted by Crippen LogP contribution is 2.40. The number of halogens is 3. The molecule has 0 aliphatic heterocycles. The number of benzene rings is 5. The number of carbonyl (C=O) groups is 1. The fourth-order valence-corrected chi connectivity index (χ4v) is 5.15. The lowest BCUT2D eigenvalue weighted by molar-refractivity contribution is -0.137. The Morgan fingerprint density at radius 2 is 1.34 bits per heavy atom. The number of para-hydroxylation sites is 1. The van der Waals surface area contributed by atoms with Crippen molar-refractivity contribution in [1.82, 2.24) is 9.55 Å². The fraction of sp³-hybridized carbons (Fsp3) is 0.105. The number of rotatable bonds is 11. The Morgan fingerprint density at radius 1 is 0.723 bits per heavy atom. The number of methoxy groups -OCH3 is 1. The molecule has 47 heavy (non-hydrogen) atoms. The topological polar surface area (TPSA) is 62.6 Å². The average molecular weight is 635 g/mol. The molecule has 0 spiro atoms. The molecule has 5 aromatic carbocycles. The first kappa shape index (κ1) is 31.2. The molecule has 0 amide bonds. The SMILES string of the molecule is COc1ccc(OCc2ccccc2)c(-c2cn(-c3ccc(C=O)c(C(F)(F)F)c3)c(-c3ccccc3OCc3ccccc3)n2)c1. The fourth-order valence-electron chi connectivity index (χ4n) is 5.15. The van der Waals surface area contributed by atoms with Crippen molar-refractivity contribution < 1.29 is 32.2 Å². The van der Waals surface area contributed by atoms with E-state index in [1.807, 2.05) is 66.7 Å². The van der Waals surface area contributed by atoms with E-state index in [2.05, 4.69) is 0 Å². The highest BCUT2D eigenvalue weighted by Gasteiger charge is 2.34. The van der Waals surface area contributed by atoms with Crippen molar-refractivity contribution in [1.29, 1.82) is 0 Å². The number of carbonyl (C=O) groups excluding carboxylic acids is 1. The van der Waals surface area contributed by atoms with Gasteiger partial charge in [-0.3, -0.25) is 9.36 Å². The van der Waals surface area contributed by atoms with Crippen molar-refractivity contribution in [2.45, 2.75) is 19.4 Å². The van der Waals surface area contributed by atoms with E-state index in [1.165, 1.54) is 6.07 Å². The summed E-state index contributed by atoms with van der Waals surface area (Å²) in [6, 6.07) is 35.4. The summed E-state index contributed by atoms with van der Waals surface area (Å²) in [4.78, 5) is 16.5. The minimum Gasteiger partial charge on any atom is -0.497 e. The zero-order valence-electron chi connectivity index (χ0n) is 25.3. The van der Waals surface area contributed by atoms with Crippen molar-refractivity contribution >= 4 is 6.29 Å². The van der Waals surface area contributed by atoms with Crippen LogP contribution in [0.2, 0.25) is 0 Å². The number of hydrogen-bond donors (Lipinski definition) is 0. The molecule has 0 aliphatic rings. The Hall–Kier alpha value is -5.83. The van der Waals surface area contributed by atoms with E-state index in [-0.39, 0.29) is 25.2 Å². The molecule has 6 aromatic rings. The van der Waals surface area contributed by atoms with E-state index >= 15 is 0 Å². The second kappa shape index (κ2) is 13.7. The molecule has 6 nitrogen and oxygen atoms in total. The molecule has 0 bridgehead atoms. The van der Waals surface area contributed by atoms with Gasteiger partial charge in [-0.05, 0) is 59.7 Å². The van der Waals surface area contributed by atoms with Gasteiger partial charge in [0.15, 0.2) is 6.29 Å². The number of alkyl halides is 3. The van der Waals surface area contributed by atoms with Crippen LogP contribution in [-0.2, 0) is 19.4 Å². The standard InChI is InChI=1S/C38H29F3N2O4/c1-45-30-18-19-36(47-25-27-12-6-3-7-13-27)32(21-30)34-22-43(29-17-16-28(23-44)33(20-29)38(39,40)41)37(42-34)31-14-8-9-15-35(31)46-24-26-10-4-2-5-11-26/h2-23H,24-25H2,1H3. The Kier molecular flexibility index (Phi) is 9.06. The summed E-state index contributed by atoms with van der Waals surface area (Å²) < 4.78 is 61.7. The van der Waals surface area contributed by atoms with Gasteiger partial charge in [0, 0.05) is 23.0 Å². The molecule has 6 rings (SSSR count). The van der Waals surface area contributed by atoms with Gasteiger partial charge in [0.25, 0.3) is 0 Å². The van der Waals surface area contributed by atoms with E-state index in [1.54, 1.807) is 54.3 Å². The monoisotopic (exact) mass is 634 g/mol. The van der Waals surface area contributed by atoms with E-state index < -0.39 is 17.3 Å². The third kappa shape index (κ3) is 7.04. The van der Waals surface area contributed by atoms with E-state index in [0.29, 0.717) is 39.9 Å². The number of aromatic nitrogens is 2. The zero-order chi connectivity index (χ0) is 32.8. The molecule has 236 valence electrons. The van der Waals surface area contributed by atoms with Crippen molar-refractivity contribution in [2.75, 3.05) is 7.11 Å². The Labute approximate surface area is 269 Å². The van der Waals surface area contributed by atoms with E-state index in [4.69, 9.17) is 19.2 Å². The van der Waals surface area contributed by atoms with Gasteiger partial charge in [-0.25, -0.2) is 4.98 Å². The third-order valence-electron chi connectivity index (χ3n) is 7.52. The van der Waals surface area contributed by atoms with Gasteiger partial charge < -0.3 is 14.2 Å². The van der Waals surface area contributed by atoms with Gasteiger partial charge in [0.1, 0.15) is 36.3 Å². The van der Waals surface area contributed by atoms with Crippen LogP contribution in [0.5, 0.6) is 17.2 Å². The first-order chi connectivity index (χ1) is 22.8. The van der Waals surface area contributed by atoms with E-state index in [9.17, 15) is 18.0 Å². The molecule has 0 N–H and O–H groups in total. The minimum absolute atomic E-state index is 0.157. The summed E-state index contributed by atoms with van der Waals surface area (Å²) in [5, 5.41) is 0. The molecule has 0 aliphatic carbocycles. The number of aldehydes is 1. The lowest BCUT2D eigenvalue weighted by Crippen LogP contribution is -2.10. The van der Waals surface area contributed by atoms with E-state index in [0.717, 1.165) is 23.3 Å². The van der Waals surface area contributed by atoms with Gasteiger partial charge in [0.2, 0.25) is 0 Å². The second-order valence-corrected chi connectivity index (χ2v) is 10.6. The van der Waals surface area contributed by atoms with Crippen LogP contribution < -0.4 is 14.2 Å². The lowest BCUT2D eigenvalue weighted by Gasteiger charge is -2.15. The maximum atomic E-state index is 14.1. The van der Waals surface area contributed by atoms with Crippen LogP contribution in [0.3, 0.4) is 0 Å². The van der Waals surface area contributed by atoms with Crippen LogP contribution in [-0.4, -0.2) is 22.9 Å². The molecule has 0 saturated carbocycles. The Balaban J connectivity index is 1.50. The van der Waals surface area contributed by atoms with Crippen LogP contribution in [0.15, 0.2) is 128 Å². The predicted octanol–water partition coefficient (Wildman–Crippen LogP) is 9.20. The van der Waals surface area contributed by atoms with Gasteiger partial charge in [-0.15, -0.1) is 0 Å². The summed E-state index contributed by atoms with van der Waals surface area (Å²) in [6.07, 6.45) is -2.91. The number of nitrogens with zero attached hydrogens (tertiary/aromatic N) is 2. The number of imidazole rings is 1. The molecule has 0 radical (unpaired) electrons. The summed E-state index contributed by atoms with van der Waals surface area (Å²) in [5.74, 6) is 1.87. The molecule has 1 aromatic heterocycles. The normalized spacial score (nSPS) is 11.2. The molecule has 9 heteroatoms. The lowest BCUT2D eigenvalue weighted by atomic mass is 10.1. The molecule has 0 unspecified atom stereocenters. The molecular formula is C38H29F3N2O4. The summed E-state index contributed by atoms with van der Waals surface area (Å²) in [5.41, 5.74) is 2.10. The van der Waals surface area contributed by atoms with Gasteiger partial charge in [0.05, 0.1) is 23.9 Å². The van der Waals surface area contributed by atoms with Gasteiger partial charge in [-0.2, -0.15) is 13.2 Å². The van der Waals surface area contributed by atoms with Gasteiger partial charge in [-0.1, -0.05) is 72.8 Å². The van der Waals surface area contributed by atoms with Crippen LogP contribution in [0.1, 0.15) is 27.0 Å². The smallest absolute Gasteiger partial charge is 0.417 e. The summed E-state index contributed by atoms with van der Waals surface area (Å²) in [6.45, 7) is 0.553. The zero-order valence-corrected chi connectivity index (χ0v) is 25.3. The second-order valence-electron chi connectivity index (χ2n) is 10.6. The van der Waals surface area contributed by atoms with Crippen LogP contribution in [0.4, 0.5) is 13.2 Å². The maximum Gasteiger partial charge on any atom is 0.417 e. The predicted molar refractivity (Wildman–Crippen MR) is 173 cm³/mol. The first-order valence-corrected chi connectivity index (χ1v) is 14.7. The summed E-state index contributed by atoms with van der Waals surface area (Å²) in [7, 11) is 1.54. The maximum absolute atomic E-state index is 14.1. The Bertz CT molecular complexity index is 1990. The van der Waals surface area contributed by atoms with Crippen molar-refractivity contribution in [3.8, 4) is 45.6 Å². The average Bonchev–Trinajstić information content (AvgIpc) is 3.55. The first-order valence-electron chi connectivity index (χ1n) is 14.7. The van der Waals surface area contributed by atoms with Crippen LogP contribution in [0.25, 0.3) is 28.3 Å². The molecule has 0 fully saturated rings. The quantitative estimate of drug-likeness (QED) is 0.133. The van der Waals surface area contributed by atoms with Crippen molar-refractivity contribution in [2.24, 2.45) is 0 Å². The van der Waals surface area contributed by atoms with Gasteiger partial charge >= 0.3 is 6.18 Å². The molecule has 0 saturated heterocycles. The van der Waals surface area contributed by atoms with Crippen LogP contribution in [0, 0.1) is 0 Å². The van der Waals surface area contributed by atoms with Crippen molar-refractivity contribution in [3.63, 3.8) is 0 Å². The molecular weight excluding hydrogens is 605 g/mol. The highest BCUT2D eigenvalue weighted by atomic mass is 19.4.